The fourth-order valence-corrected chi connectivity index (χ4v) is 4.16. The van der Waals surface area contributed by atoms with E-state index < -0.39 is 0 Å². The van der Waals surface area contributed by atoms with E-state index in [0.29, 0.717) is 16.3 Å². The molecule has 1 aromatic carbocycles. The monoisotopic (exact) mass is 447 g/mol. The topological polar surface area (TPSA) is 86.8 Å². The van der Waals surface area contributed by atoms with Crippen molar-refractivity contribution in [3.63, 3.8) is 0 Å². The lowest BCUT2D eigenvalue weighted by Crippen LogP contribution is -2.49. The molecule has 1 atom stereocenters. The van der Waals surface area contributed by atoms with E-state index in [1.54, 1.807) is 18.5 Å². The van der Waals surface area contributed by atoms with E-state index in [1.807, 2.05) is 30.3 Å². The van der Waals surface area contributed by atoms with Crippen LogP contribution in [0.1, 0.15) is 28.8 Å². The number of nitrogens with zero attached hydrogens (tertiary/aromatic N) is 2. The van der Waals surface area contributed by atoms with Crippen molar-refractivity contribution in [2.75, 3.05) is 20.1 Å². The maximum atomic E-state index is 12.8. The van der Waals surface area contributed by atoms with Crippen molar-refractivity contribution in [2.24, 2.45) is 0 Å². The van der Waals surface area contributed by atoms with Crippen LogP contribution in [0.5, 0.6) is 0 Å². The van der Waals surface area contributed by atoms with Gasteiger partial charge in [0, 0.05) is 26.4 Å². The van der Waals surface area contributed by atoms with Crippen LogP contribution < -0.4 is 5.32 Å². The molecular formula is C21H22ClN3O4S. The van der Waals surface area contributed by atoms with Gasteiger partial charge in [-0.25, -0.2) is 0 Å². The van der Waals surface area contributed by atoms with E-state index in [1.165, 1.54) is 16.2 Å². The van der Waals surface area contributed by atoms with Crippen LogP contribution in [0.3, 0.4) is 0 Å². The number of likely N-dealkylation sites (N-methyl/N-ethyl adjacent to an activating group) is 1. The van der Waals surface area contributed by atoms with E-state index >= 15 is 0 Å². The molecular weight excluding hydrogens is 426 g/mol. The highest BCUT2D eigenvalue weighted by Gasteiger charge is 2.32. The van der Waals surface area contributed by atoms with Gasteiger partial charge in [-0.1, -0.05) is 41.9 Å². The standard InChI is InChI=1S/C21H22ClN3O4S/c1-24(19(28)13-25-17(26)7-8-18(25)27)15(11-14-5-3-2-4-6-14)12-23-21(29)16-9-10-30-20(16)22/h2-6,9-10,15H,7-8,11-13H2,1H3,(H,23,29). The Morgan fingerprint density at radius 2 is 1.83 bits per heavy atom. The lowest BCUT2D eigenvalue weighted by molar-refractivity contribution is -0.145. The number of hydrogen-bond acceptors (Lipinski definition) is 5. The molecule has 0 aliphatic carbocycles. The summed E-state index contributed by atoms with van der Waals surface area (Å²) in [6, 6.07) is 10.9. The maximum Gasteiger partial charge on any atom is 0.253 e. The molecule has 2 heterocycles. The number of imide groups is 1. The third-order valence-corrected chi connectivity index (χ3v) is 6.23. The zero-order valence-corrected chi connectivity index (χ0v) is 18.0. The van der Waals surface area contributed by atoms with Gasteiger partial charge in [-0.2, -0.15) is 0 Å². The first-order valence-electron chi connectivity index (χ1n) is 9.50. The van der Waals surface area contributed by atoms with Gasteiger partial charge in [-0.15, -0.1) is 11.3 Å². The molecule has 0 radical (unpaired) electrons. The van der Waals surface area contributed by atoms with Crippen LogP contribution in [0.25, 0.3) is 0 Å². The lowest BCUT2D eigenvalue weighted by atomic mass is 10.0. The summed E-state index contributed by atoms with van der Waals surface area (Å²) in [6.45, 7) is -0.0895. The van der Waals surface area contributed by atoms with E-state index in [0.717, 1.165) is 10.5 Å². The Kier molecular flexibility index (Phi) is 7.23. The zero-order valence-electron chi connectivity index (χ0n) is 16.5. The highest BCUT2D eigenvalue weighted by molar-refractivity contribution is 7.14. The molecule has 4 amide bonds. The molecule has 30 heavy (non-hydrogen) atoms. The Balaban J connectivity index is 1.70. The average Bonchev–Trinajstić information content (AvgIpc) is 3.31. The summed E-state index contributed by atoms with van der Waals surface area (Å²) in [6.07, 6.45) is 0.782. The van der Waals surface area contributed by atoms with Gasteiger partial charge in [-0.3, -0.25) is 24.1 Å². The minimum absolute atomic E-state index is 0.140. The van der Waals surface area contributed by atoms with E-state index in [4.69, 9.17) is 11.6 Å². The van der Waals surface area contributed by atoms with E-state index in [-0.39, 0.29) is 55.6 Å². The molecule has 0 saturated carbocycles. The van der Waals surface area contributed by atoms with Crippen LogP contribution in [0.15, 0.2) is 41.8 Å². The van der Waals surface area contributed by atoms with Gasteiger partial charge < -0.3 is 10.2 Å². The fourth-order valence-electron chi connectivity index (χ4n) is 3.24. The van der Waals surface area contributed by atoms with Crippen molar-refractivity contribution in [1.29, 1.82) is 0 Å². The Labute approximate surface area is 183 Å². The minimum atomic E-state index is -0.367. The summed E-state index contributed by atoms with van der Waals surface area (Å²) in [5, 5.41) is 4.57. The molecule has 1 aliphatic rings. The number of hydrogen-bond donors (Lipinski definition) is 1. The number of likely N-dealkylation sites (tertiary alicyclic amines) is 1. The van der Waals surface area contributed by atoms with Crippen LogP contribution >= 0.6 is 22.9 Å². The fraction of sp³-hybridized carbons (Fsp3) is 0.333. The summed E-state index contributed by atoms with van der Waals surface area (Å²) >= 11 is 7.31. The third-order valence-electron chi connectivity index (χ3n) is 5.06. The van der Waals surface area contributed by atoms with Gasteiger partial charge in [-0.05, 0) is 23.4 Å². The molecule has 3 rings (SSSR count). The molecule has 1 N–H and O–H groups in total. The minimum Gasteiger partial charge on any atom is -0.350 e. The summed E-state index contributed by atoms with van der Waals surface area (Å²) < 4.78 is 0.405. The van der Waals surface area contributed by atoms with Gasteiger partial charge in [0.15, 0.2) is 0 Å². The van der Waals surface area contributed by atoms with Crippen LogP contribution in [0.4, 0.5) is 0 Å². The van der Waals surface area contributed by atoms with Crippen molar-refractivity contribution in [3.05, 3.63) is 57.2 Å². The SMILES string of the molecule is CN(C(=O)CN1C(=O)CCC1=O)C(CNC(=O)c1ccsc1Cl)Cc1ccccc1. The smallest absolute Gasteiger partial charge is 0.253 e. The molecule has 0 spiro atoms. The number of nitrogens with one attached hydrogen (secondary N) is 1. The van der Waals surface area contributed by atoms with Crippen molar-refractivity contribution >= 4 is 46.6 Å². The lowest BCUT2D eigenvalue weighted by Gasteiger charge is -2.30. The number of rotatable bonds is 8. The molecule has 1 saturated heterocycles. The van der Waals surface area contributed by atoms with Crippen molar-refractivity contribution < 1.29 is 19.2 Å². The Morgan fingerprint density at radius 1 is 1.17 bits per heavy atom. The van der Waals surface area contributed by atoms with Crippen LogP contribution in [0, 0.1) is 0 Å². The highest BCUT2D eigenvalue weighted by Crippen LogP contribution is 2.22. The largest absolute Gasteiger partial charge is 0.350 e. The van der Waals surface area contributed by atoms with Gasteiger partial charge in [0.05, 0.1) is 11.6 Å². The number of carbonyl (C=O) groups is 4. The normalized spacial score (nSPS) is 14.7. The second-order valence-corrected chi connectivity index (χ2v) is 8.56. The summed E-state index contributed by atoms with van der Waals surface area (Å²) in [7, 11) is 1.62. The van der Waals surface area contributed by atoms with Gasteiger partial charge >= 0.3 is 0 Å². The molecule has 9 heteroatoms. The molecule has 1 aliphatic heterocycles. The Hall–Kier alpha value is -2.71. The maximum absolute atomic E-state index is 12.8. The van der Waals surface area contributed by atoms with E-state index in [9.17, 15) is 19.2 Å². The Morgan fingerprint density at radius 3 is 2.43 bits per heavy atom. The average molecular weight is 448 g/mol. The van der Waals surface area contributed by atoms with Crippen LogP contribution in [0.2, 0.25) is 4.34 Å². The predicted molar refractivity (Wildman–Crippen MR) is 114 cm³/mol. The number of benzene rings is 1. The first kappa shape index (κ1) is 22.0. The van der Waals surface area contributed by atoms with Crippen molar-refractivity contribution in [3.8, 4) is 0 Å². The second-order valence-electron chi connectivity index (χ2n) is 7.04. The van der Waals surface area contributed by atoms with Crippen LogP contribution in [-0.4, -0.2) is 59.6 Å². The molecule has 0 bridgehead atoms. The summed E-state index contributed by atoms with van der Waals surface area (Å²) in [5.41, 5.74) is 1.39. The number of amides is 4. The molecule has 1 unspecified atom stereocenters. The van der Waals surface area contributed by atoms with Crippen molar-refractivity contribution in [2.45, 2.75) is 25.3 Å². The van der Waals surface area contributed by atoms with Crippen LogP contribution in [-0.2, 0) is 20.8 Å². The zero-order chi connectivity index (χ0) is 21.7. The van der Waals surface area contributed by atoms with Gasteiger partial charge in [0.2, 0.25) is 17.7 Å². The summed E-state index contributed by atoms with van der Waals surface area (Å²) in [4.78, 5) is 51.4. The van der Waals surface area contributed by atoms with Crippen molar-refractivity contribution in [1.82, 2.24) is 15.1 Å². The quantitative estimate of drug-likeness (QED) is 0.629. The number of halogens is 1. The molecule has 1 fully saturated rings. The molecule has 7 nitrogen and oxygen atoms in total. The molecule has 2 aromatic rings. The number of carbonyl (C=O) groups excluding carboxylic acids is 4. The predicted octanol–water partition coefficient (Wildman–Crippen LogP) is 2.35. The molecule has 1 aromatic heterocycles. The van der Waals surface area contributed by atoms with Gasteiger partial charge in [0.1, 0.15) is 10.9 Å². The van der Waals surface area contributed by atoms with E-state index in [2.05, 4.69) is 5.32 Å². The first-order valence-corrected chi connectivity index (χ1v) is 10.8. The Bertz CT molecular complexity index is 931. The molecule has 158 valence electrons. The summed E-state index contributed by atoms with van der Waals surface area (Å²) in [5.74, 6) is -1.34. The number of thiophene rings is 1. The van der Waals surface area contributed by atoms with Gasteiger partial charge in [0.25, 0.3) is 5.91 Å². The second kappa shape index (κ2) is 9.86. The first-order chi connectivity index (χ1) is 14.4. The third kappa shape index (κ3) is 5.25. The highest BCUT2D eigenvalue weighted by atomic mass is 35.5.